The van der Waals surface area contributed by atoms with Crippen molar-refractivity contribution in [3.05, 3.63) is 51.4 Å². The standard InChI is InChI=1S/C14H10BrNO2/c1-17-13-4-2-3-11-10(13)8-18-14-6-5-9(15)7-12(14)16-11/h2-8H,1H3. The van der Waals surface area contributed by atoms with Crippen LogP contribution >= 0.6 is 15.9 Å². The number of fused-ring (bicyclic) bond motifs is 2. The van der Waals surface area contributed by atoms with Crippen molar-refractivity contribution >= 4 is 27.9 Å². The molecule has 0 saturated heterocycles. The molecule has 4 heteroatoms. The molecule has 18 heavy (non-hydrogen) atoms. The molecular formula is C14H10BrNO2. The molecule has 1 aliphatic heterocycles. The molecule has 0 aromatic heterocycles. The minimum Gasteiger partial charge on any atom is -0.496 e. The Bertz CT molecular complexity index is 725. The number of methoxy groups -OCH3 is 1. The average Bonchev–Trinajstić information content (AvgIpc) is 2.56. The Kier molecular flexibility index (Phi) is 2.80. The third-order valence-corrected chi connectivity index (χ3v) is 3.22. The fourth-order valence-corrected chi connectivity index (χ4v) is 2.21. The van der Waals surface area contributed by atoms with Crippen LogP contribution in [0.15, 0.2) is 45.9 Å². The minimum absolute atomic E-state index is 0.733. The van der Waals surface area contributed by atoms with Crippen molar-refractivity contribution in [1.82, 2.24) is 0 Å². The molecule has 3 nitrogen and oxygen atoms in total. The van der Waals surface area contributed by atoms with Crippen LogP contribution in [-0.2, 0) is 0 Å². The molecule has 0 N–H and O–H groups in total. The molecule has 0 aliphatic carbocycles. The fourth-order valence-electron chi connectivity index (χ4n) is 1.86. The Balaban J connectivity index is 2.32. The lowest BCUT2D eigenvalue weighted by molar-refractivity contribution is 0.409. The number of rotatable bonds is 1. The zero-order valence-corrected chi connectivity index (χ0v) is 11.3. The lowest BCUT2D eigenvalue weighted by Crippen LogP contribution is -2.26. The van der Waals surface area contributed by atoms with E-state index in [0.29, 0.717) is 0 Å². The van der Waals surface area contributed by atoms with Gasteiger partial charge in [0, 0.05) is 4.47 Å². The first-order valence-electron chi connectivity index (χ1n) is 5.46. The van der Waals surface area contributed by atoms with Gasteiger partial charge in [-0.25, -0.2) is 4.99 Å². The molecule has 1 heterocycles. The van der Waals surface area contributed by atoms with Gasteiger partial charge >= 0.3 is 0 Å². The van der Waals surface area contributed by atoms with Crippen LogP contribution in [0.2, 0.25) is 0 Å². The second kappa shape index (κ2) is 4.46. The van der Waals surface area contributed by atoms with Crippen LogP contribution < -0.4 is 20.0 Å². The second-order valence-electron chi connectivity index (χ2n) is 3.85. The van der Waals surface area contributed by atoms with Gasteiger partial charge in [-0.05, 0) is 30.3 Å². The molecule has 0 atom stereocenters. The highest BCUT2D eigenvalue weighted by molar-refractivity contribution is 9.10. The van der Waals surface area contributed by atoms with E-state index in [0.717, 1.165) is 32.2 Å². The number of ether oxygens (including phenoxy) is 2. The highest BCUT2D eigenvalue weighted by Gasteiger charge is 2.07. The summed E-state index contributed by atoms with van der Waals surface area (Å²) in [6, 6.07) is 11.5. The van der Waals surface area contributed by atoms with Crippen molar-refractivity contribution in [2.75, 3.05) is 7.11 Å². The van der Waals surface area contributed by atoms with E-state index < -0.39 is 0 Å². The van der Waals surface area contributed by atoms with E-state index >= 15 is 0 Å². The van der Waals surface area contributed by atoms with Gasteiger partial charge in [-0.3, -0.25) is 0 Å². The summed E-state index contributed by atoms with van der Waals surface area (Å²) in [7, 11) is 1.64. The molecule has 0 fully saturated rings. The Morgan fingerprint density at radius 2 is 2.11 bits per heavy atom. The van der Waals surface area contributed by atoms with Gasteiger partial charge in [0.1, 0.15) is 17.7 Å². The Labute approximate surface area is 113 Å². The summed E-state index contributed by atoms with van der Waals surface area (Å²) in [5, 5.41) is 1.69. The highest BCUT2D eigenvalue weighted by atomic mass is 79.9. The van der Waals surface area contributed by atoms with Crippen molar-refractivity contribution in [2.24, 2.45) is 4.99 Å². The first kappa shape index (κ1) is 11.3. The third kappa shape index (κ3) is 1.88. The first-order chi connectivity index (χ1) is 8.78. The summed E-state index contributed by atoms with van der Waals surface area (Å²) >= 11 is 3.43. The van der Waals surface area contributed by atoms with E-state index in [1.54, 1.807) is 13.4 Å². The van der Waals surface area contributed by atoms with Gasteiger partial charge in [0.05, 0.1) is 17.7 Å². The summed E-state index contributed by atoms with van der Waals surface area (Å²) < 4.78 is 11.9. The quantitative estimate of drug-likeness (QED) is 0.810. The second-order valence-corrected chi connectivity index (χ2v) is 4.77. The van der Waals surface area contributed by atoms with Gasteiger partial charge in [-0.15, -0.1) is 0 Å². The zero-order valence-electron chi connectivity index (χ0n) is 9.68. The minimum atomic E-state index is 0.733. The molecule has 0 amide bonds. The van der Waals surface area contributed by atoms with Crippen molar-refractivity contribution < 1.29 is 9.47 Å². The largest absolute Gasteiger partial charge is 0.496 e. The SMILES string of the molecule is COc1cccc2c1=COc1ccc(Br)cc1N=2. The van der Waals surface area contributed by atoms with Gasteiger partial charge in [-0.1, -0.05) is 22.0 Å². The van der Waals surface area contributed by atoms with Crippen LogP contribution in [0.3, 0.4) is 0 Å². The summed E-state index contributed by atoms with van der Waals surface area (Å²) in [6.07, 6.45) is 1.68. The van der Waals surface area contributed by atoms with Gasteiger partial charge in [0.25, 0.3) is 0 Å². The molecule has 2 aromatic carbocycles. The smallest absolute Gasteiger partial charge is 0.152 e. The summed E-state index contributed by atoms with van der Waals surface area (Å²) in [5.74, 6) is 1.49. The average molecular weight is 304 g/mol. The van der Waals surface area contributed by atoms with Gasteiger partial charge in [0.2, 0.25) is 0 Å². The zero-order chi connectivity index (χ0) is 12.5. The molecule has 3 rings (SSSR count). The van der Waals surface area contributed by atoms with E-state index in [9.17, 15) is 0 Å². The molecule has 0 radical (unpaired) electrons. The van der Waals surface area contributed by atoms with Crippen molar-refractivity contribution in [1.29, 1.82) is 0 Å². The number of hydrogen-bond donors (Lipinski definition) is 0. The molecule has 0 saturated carbocycles. The number of benzene rings is 2. The fraction of sp³-hybridized carbons (Fsp3) is 0.0714. The van der Waals surface area contributed by atoms with Crippen molar-refractivity contribution in [3.63, 3.8) is 0 Å². The molecule has 0 bridgehead atoms. The Morgan fingerprint density at radius 1 is 1.22 bits per heavy atom. The normalized spacial score (nSPS) is 12.1. The Morgan fingerprint density at radius 3 is 2.94 bits per heavy atom. The summed E-state index contributed by atoms with van der Waals surface area (Å²) in [4.78, 5) is 4.61. The highest BCUT2D eigenvalue weighted by Crippen LogP contribution is 2.31. The van der Waals surface area contributed by atoms with Crippen LogP contribution in [0.4, 0.5) is 5.69 Å². The summed E-state index contributed by atoms with van der Waals surface area (Å²) in [6.45, 7) is 0. The van der Waals surface area contributed by atoms with Crippen LogP contribution in [-0.4, -0.2) is 7.11 Å². The molecule has 90 valence electrons. The van der Waals surface area contributed by atoms with E-state index in [1.807, 2.05) is 36.4 Å². The van der Waals surface area contributed by atoms with E-state index in [1.165, 1.54) is 0 Å². The van der Waals surface area contributed by atoms with E-state index in [4.69, 9.17) is 9.47 Å². The van der Waals surface area contributed by atoms with Crippen LogP contribution in [0.1, 0.15) is 0 Å². The van der Waals surface area contributed by atoms with Gasteiger partial charge < -0.3 is 9.47 Å². The first-order valence-corrected chi connectivity index (χ1v) is 6.25. The van der Waals surface area contributed by atoms with Gasteiger partial charge in [-0.2, -0.15) is 0 Å². The number of hydrogen-bond acceptors (Lipinski definition) is 3. The maximum absolute atomic E-state index is 5.65. The monoisotopic (exact) mass is 303 g/mol. The maximum Gasteiger partial charge on any atom is 0.152 e. The Hall–Kier alpha value is -1.81. The lowest BCUT2D eigenvalue weighted by atomic mass is 10.2. The van der Waals surface area contributed by atoms with Crippen molar-refractivity contribution in [2.45, 2.75) is 0 Å². The van der Waals surface area contributed by atoms with Crippen LogP contribution in [0.25, 0.3) is 6.26 Å². The molecule has 1 aliphatic rings. The number of nitrogens with zero attached hydrogens (tertiary/aromatic N) is 1. The summed E-state index contributed by atoms with van der Waals surface area (Å²) in [5.41, 5.74) is 0.799. The van der Waals surface area contributed by atoms with Crippen LogP contribution in [0, 0.1) is 0 Å². The van der Waals surface area contributed by atoms with Crippen LogP contribution in [0.5, 0.6) is 11.5 Å². The molecule has 0 spiro atoms. The number of halogens is 1. The predicted molar refractivity (Wildman–Crippen MR) is 72.7 cm³/mol. The molecule has 0 unspecified atom stereocenters. The lowest BCUT2D eigenvalue weighted by Gasteiger charge is -2.02. The predicted octanol–water partition coefficient (Wildman–Crippen LogP) is 2.54. The van der Waals surface area contributed by atoms with E-state index in [2.05, 4.69) is 20.9 Å². The van der Waals surface area contributed by atoms with Crippen molar-refractivity contribution in [3.8, 4) is 11.5 Å². The van der Waals surface area contributed by atoms with Gasteiger partial charge in [0.15, 0.2) is 5.75 Å². The molecule has 2 aromatic rings. The third-order valence-electron chi connectivity index (χ3n) is 2.73. The van der Waals surface area contributed by atoms with E-state index in [-0.39, 0.29) is 0 Å². The topological polar surface area (TPSA) is 30.8 Å². The maximum atomic E-state index is 5.65. The molecular weight excluding hydrogens is 294 g/mol.